The van der Waals surface area contributed by atoms with Gasteiger partial charge >= 0.3 is 0 Å². The Bertz CT molecular complexity index is 938. The number of carbonyl (C=O) groups is 1. The fourth-order valence-corrected chi connectivity index (χ4v) is 5.11. The van der Waals surface area contributed by atoms with E-state index in [0.717, 1.165) is 18.7 Å². The van der Waals surface area contributed by atoms with Crippen molar-refractivity contribution in [2.75, 3.05) is 18.4 Å². The molecule has 3 heterocycles. The van der Waals surface area contributed by atoms with E-state index in [1.165, 1.54) is 15.3 Å². The van der Waals surface area contributed by atoms with Crippen molar-refractivity contribution in [3.8, 4) is 6.07 Å². The number of hydrogen-bond donors (Lipinski definition) is 1. The van der Waals surface area contributed by atoms with E-state index in [0.29, 0.717) is 12.1 Å². The molecule has 2 aromatic heterocycles. The van der Waals surface area contributed by atoms with Crippen LogP contribution in [0, 0.1) is 11.3 Å². The number of fused-ring (bicyclic) bond motifs is 1. The Morgan fingerprint density at radius 3 is 2.77 bits per heavy atom. The summed E-state index contributed by atoms with van der Waals surface area (Å²) in [4.78, 5) is 17.5. The molecule has 1 N–H and O–H groups in total. The second-order valence-electron chi connectivity index (χ2n) is 6.17. The molecule has 0 fully saturated rings. The van der Waals surface area contributed by atoms with E-state index in [9.17, 15) is 4.79 Å². The molecule has 0 aliphatic carbocycles. The third-order valence-electron chi connectivity index (χ3n) is 4.52. The topological polar surface area (TPSA) is 56.1 Å². The normalized spacial score (nSPS) is 16.7. The number of anilines is 1. The third kappa shape index (κ3) is 3.42. The highest BCUT2D eigenvalue weighted by atomic mass is 32.1. The van der Waals surface area contributed by atoms with Crippen molar-refractivity contribution in [2.45, 2.75) is 12.5 Å². The zero-order valence-electron chi connectivity index (χ0n) is 14.0. The molecule has 26 heavy (non-hydrogen) atoms. The zero-order valence-corrected chi connectivity index (χ0v) is 15.6. The van der Waals surface area contributed by atoms with Crippen LogP contribution in [0.25, 0.3) is 0 Å². The predicted octanol–water partition coefficient (Wildman–Crippen LogP) is 4.27. The minimum atomic E-state index is -0.0325. The predicted molar refractivity (Wildman–Crippen MR) is 106 cm³/mol. The number of nitriles is 1. The van der Waals surface area contributed by atoms with Gasteiger partial charge in [0.05, 0.1) is 24.2 Å². The molecule has 1 amide bonds. The highest BCUT2D eigenvalue weighted by Crippen LogP contribution is 2.39. The van der Waals surface area contributed by atoms with Crippen LogP contribution in [0.3, 0.4) is 0 Å². The molecule has 0 bridgehead atoms. The first-order chi connectivity index (χ1) is 12.7. The van der Waals surface area contributed by atoms with Crippen LogP contribution in [0.4, 0.5) is 5.69 Å². The summed E-state index contributed by atoms with van der Waals surface area (Å²) in [6.45, 7) is 1.22. The Labute approximate surface area is 160 Å². The number of carbonyl (C=O) groups excluding carboxylic acids is 1. The fraction of sp³-hybridized carbons (Fsp3) is 0.200. The molecule has 6 heteroatoms. The van der Waals surface area contributed by atoms with E-state index in [-0.39, 0.29) is 11.9 Å². The molecule has 1 aromatic carbocycles. The van der Waals surface area contributed by atoms with Gasteiger partial charge in [-0.3, -0.25) is 9.69 Å². The van der Waals surface area contributed by atoms with E-state index < -0.39 is 0 Å². The zero-order chi connectivity index (χ0) is 17.9. The number of benzene rings is 1. The Morgan fingerprint density at radius 2 is 2.04 bits per heavy atom. The average molecular weight is 380 g/mol. The molecule has 3 aromatic rings. The third-order valence-corrected chi connectivity index (χ3v) is 6.44. The molecule has 130 valence electrons. The second-order valence-corrected chi connectivity index (χ2v) is 8.15. The number of nitrogens with zero attached hydrogens (tertiary/aromatic N) is 2. The highest BCUT2D eigenvalue weighted by Gasteiger charge is 2.31. The Morgan fingerprint density at radius 1 is 1.19 bits per heavy atom. The van der Waals surface area contributed by atoms with Crippen LogP contribution >= 0.6 is 22.7 Å². The van der Waals surface area contributed by atoms with E-state index in [4.69, 9.17) is 5.26 Å². The van der Waals surface area contributed by atoms with Gasteiger partial charge in [0.2, 0.25) is 5.91 Å². The highest BCUT2D eigenvalue weighted by molar-refractivity contribution is 7.10. The minimum absolute atomic E-state index is 0.0325. The maximum absolute atomic E-state index is 12.6. The first kappa shape index (κ1) is 17.0. The molecule has 4 nitrogen and oxygen atoms in total. The van der Waals surface area contributed by atoms with E-state index in [2.05, 4.69) is 45.2 Å². The van der Waals surface area contributed by atoms with Gasteiger partial charge in [0.15, 0.2) is 0 Å². The molecule has 1 aliphatic heterocycles. The van der Waals surface area contributed by atoms with Crippen LogP contribution in [0.5, 0.6) is 0 Å². The van der Waals surface area contributed by atoms with Crippen LogP contribution < -0.4 is 5.32 Å². The van der Waals surface area contributed by atoms with Crippen molar-refractivity contribution in [1.82, 2.24) is 4.90 Å². The quantitative estimate of drug-likeness (QED) is 0.737. The van der Waals surface area contributed by atoms with Crippen LogP contribution in [0.2, 0.25) is 0 Å². The molecule has 0 radical (unpaired) electrons. The van der Waals surface area contributed by atoms with Crippen molar-refractivity contribution in [3.05, 3.63) is 74.1 Å². The molecule has 1 aliphatic rings. The summed E-state index contributed by atoms with van der Waals surface area (Å²) in [5.41, 5.74) is 2.63. The molecule has 0 saturated carbocycles. The van der Waals surface area contributed by atoms with Gasteiger partial charge in [-0.25, -0.2) is 0 Å². The van der Waals surface area contributed by atoms with E-state index in [1.54, 1.807) is 46.9 Å². The second kappa shape index (κ2) is 7.42. The molecule has 4 rings (SSSR count). The largest absolute Gasteiger partial charge is 0.325 e. The smallest absolute Gasteiger partial charge is 0.238 e. The summed E-state index contributed by atoms with van der Waals surface area (Å²) in [5, 5.41) is 16.0. The van der Waals surface area contributed by atoms with Crippen molar-refractivity contribution < 1.29 is 4.79 Å². The van der Waals surface area contributed by atoms with Crippen LogP contribution in [0.1, 0.15) is 26.9 Å². The number of thiophene rings is 2. The number of amides is 1. The Kier molecular flexibility index (Phi) is 4.85. The summed E-state index contributed by atoms with van der Waals surface area (Å²) in [5.74, 6) is -0.0325. The summed E-state index contributed by atoms with van der Waals surface area (Å²) in [7, 11) is 0. The summed E-state index contributed by atoms with van der Waals surface area (Å²) in [6.07, 6.45) is 0.985. The Hall–Kier alpha value is -2.46. The lowest BCUT2D eigenvalue weighted by molar-refractivity contribution is -0.117. The summed E-state index contributed by atoms with van der Waals surface area (Å²) < 4.78 is 0. The van der Waals surface area contributed by atoms with Crippen molar-refractivity contribution >= 4 is 34.3 Å². The molecular formula is C20H17N3OS2. The first-order valence-corrected chi connectivity index (χ1v) is 10.1. The maximum Gasteiger partial charge on any atom is 0.238 e. The average Bonchev–Trinajstić information content (AvgIpc) is 3.34. The van der Waals surface area contributed by atoms with Crippen LogP contribution in [-0.2, 0) is 11.2 Å². The fourth-order valence-electron chi connectivity index (χ4n) is 3.33. The van der Waals surface area contributed by atoms with E-state index in [1.807, 2.05) is 0 Å². The standard InChI is InChI=1S/C20H17N3OS2/c21-12-14-3-5-15(6-4-14)22-19(24)13-23-9-7-17-16(8-11-26-17)20(23)18-2-1-10-25-18/h1-6,8,10-11,20H,7,9,13H2,(H,22,24)/t20-/m1/s1. The molecule has 0 saturated heterocycles. The maximum atomic E-state index is 12.6. The van der Waals surface area contributed by atoms with Crippen molar-refractivity contribution in [2.24, 2.45) is 0 Å². The molecule has 1 atom stereocenters. The molecular weight excluding hydrogens is 362 g/mol. The van der Waals surface area contributed by atoms with Gasteiger partial charge in [0, 0.05) is 22.0 Å². The molecule has 0 spiro atoms. The van der Waals surface area contributed by atoms with Crippen LogP contribution in [-0.4, -0.2) is 23.9 Å². The first-order valence-electron chi connectivity index (χ1n) is 8.38. The van der Waals surface area contributed by atoms with Gasteiger partial charge in [-0.1, -0.05) is 6.07 Å². The van der Waals surface area contributed by atoms with Gasteiger partial charge in [0.1, 0.15) is 0 Å². The van der Waals surface area contributed by atoms with Gasteiger partial charge in [-0.15, -0.1) is 22.7 Å². The van der Waals surface area contributed by atoms with Gasteiger partial charge in [-0.2, -0.15) is 5.26 Å². The van der Waals surface area contributed by atoms with Crippen molar-refractivity contribution in [1.29, 1.82) is 5.26 Å². The molecule has 0 unspecified atom stereocenters. The van der Waals surface area contributed by atoms with Crippen molar-refractivity contribution in [3.63, 3.8) is 0 Å². The van der Waals surface area contributed by atoms with Gasteiger partial charge < -0.3 is 5.32 Å². The summed E-state index contributed by atoms with van der Waals surface area (Å²) in [6, 6.07) is 15.6. The number of hydrogen-bond acceptors (Lipinski definition) is 5. The lowest BCUT2D eigenvalue weighted by atomic mass is 9.98. The van der Waals surface area contributed by atoms with E-state index >= 15 is 0 Å². The van der Waals surface area contributed by atoms with Gasteiger partial charge in [-0.05, 0) is 59.1 Å². The lowest BCUT2D eigenvalue weighted by Gasteiger charge is -2.34. The number of nitrogens with one attached hydrogen (secondary N) is 1. The van der Waals surface area contributed by atoms with Crippen LogP contribution in [0.15, 0.2) is 53.2 Å². The SMILES string of the molecule is N#Cc1ccc(NC(=O)CN2CCc3sccc3[C@@H]2c2cccs2)cc1. The lowest BCUT2D eigenvalue weighted by Crippen LogP contribution is -2.40. The Balaban J connectivity index is 1.51. The minimum Gasteiger partial charge on any atom is -0.325 e. The summed E-state index contributed by atoms with van der Waals surface area (Å²) >= 11 is 3.54. The number of rotatable bonds is 4. The monoisotopic (exact) mass is 379 g/mol. The van der Waals surface area contributed by atoms with Gasteiger partial charge in [0.25, 0.3) is 0 Å².